The van der Waals surface area contributed by atoms with E-state index in [2.05, 4.69) is 56.6 Å². The summed E-state index contributed by atoms with van der Waals surface area (Å²) in [6.07, 6.45) is 1.95. The van der Waals surface area contributed by atoms with Gasteiger partial charge in [-0.1, -0.05) is 43.8 Å². The molecule has 0 aromatic heterocycles. The van der Waals surface area contributed by atoms with Gasteiger partial charge in [0.1, 0.15) is 0 Å². The van der Waals surface area contributed by atoms with Crippen LogP contribution in [0.25, 0.3) is 0 Å². The zero-order valence-electron chi connectivity index (χ0n) is 10.4. The van der Waals surface area contributed by atoms with Crippen molar-refractivity contribution in [3.63, 3.8) is 0 Å². The third-order valence-electron chi connectivity index (χ3n) is 2.58. The van der Waals surface area contributed by atoms with Gasteiger partial charge in [-0.3, -0.25) is 0 Å². The Labute approximate surface area is 99.6 Å². The Balaban J connectivity index is 2.62. The van der Waals surface area contributed by atoms with Gasteiger partial charge in [0, 0.05) is 12.5 Å². The van der Waals surface area contributed by atoms with Crippen molar-refractivity contribution >= 4 is 13.5 Å². The van der Waals surface area contributed by atoms with Crippen LogP contribution in [-0.4, -0.2) is 14.9 Å². The van der Waals surface area contributed by atoms with Crippen molar-refractivity contribution < 1.29 is 4.43 Å². The predicted octanol–water partition coefficient (Wildman–Crippen LogP) is 3.09. The van der Waals surface area contributed by atoms with E-state index in [1.165, 1.54) is 5.19 Å². The van der Waals surface area contributed by atoms with E-state index >= 15 is 0 Å². The minimum absolute atomic E-state index is 0.382. The Morgan fingerprint density at radius 2 is 2.00 bits per heavy atom. The van der Waals surface area contributed by atoms with Crippen molar-refractivity contribution in [3.05, 3.63) is 48.7 Å². The first kappa shape index (κ1) is 13.0. The van der Waals surface area contributed by atoms with Crippen LogP contribution in [0.5, 0.6) is 0 Å². The lowest BCUT2D eigenvalue weighted by atomic mass is 10.2. The monoisotopic (exact) mass is 232 g/mol. The molecule has 0 unspecified atom stereocenters. The molecule has 1 aromatic carbocycles. The first-order valence-electron chi connectivity index (χ1n) is 5.61. The highest BCUT2D eigenvalue weighted by molar-refractivity contribution is 6.84. The smallest absolute Gasteiger partial charge is 0.218 e. The molecule has 0 spiro atoms. The Kier molecular flexibility index (Phi) is 4.75. The van der Waals surface area contributed by atoms with Crippen LogP contribution in [0.2, 0.25) is 13.1 Å². The molecule has 0 radical (unpaired) electrons. The summed E-state index contributed by atoms with van der Waals surface area (Å²) in [5.74, 6) is 0.382. The molecule has 16 heavy (non-hydrogen) atoms. The summed E-state index contributed by atoms with van der Waals surface area (Å²) in [5.41, 5.74) is 2.80. The standard InChI is InChI=1S/C14H20OSi/c1-5-9-13(2)12-15-16(3,4)14-10-7-6-8-11-14/h6-11,13H,1,12H2,2-4H3/t13-/m1/s1. The van der Waals surface area contributed by atoms with E-state index in [-0.39, 0.29) is 0 Å². The molecule has 0 saturated heterocycles. The molecular formula is C14H20OSi. The van der Waals surface area contributed by atoms with E-state index in [9.17, 15) is 0 Å². The van der Waals surface area contributed by atoms with Crippen LogP contribution in [-0.2, 0) is 4.43 Å². The summed E-state index contributed by atoms with van der Waals surface area (Å²) in [6.45, 7) is 10.9. The van der Waals surface area contributed by atoms with E-state index in [1.54, 1.807) is 0 Å². The van der Waals surface area contributed by atoms with Crippen LogP contribution in [0.1, 0.15) is 6.92 Å². The van der Waals surface area contributed by atoms with Crippen molar-refractivity contribution in [1.29, 1.82) is 0 Å². The first-order valence-corrected chi connectivity index (χ1v) is 8.52. The Morgan fingerprint density at radius 1 is 1.38 bits per heavy atom. The number of benzene rings is 1. The zero-order chi connectivity index (χ0) is 12.0. The van der Waals surface area contributed by atoms with Gasteiger partial charge in [-0.15, -0.1) is 5.73 Å². The summed E-state index contributed by atoms with van der Waals surface area (Å²) in [7, 11) is -1.74. The average Bonchev–Trinajstić information content (AvgIpc) is 2.28. The molecule has 1 atom stereocenters. The third kappa shape index (κ3) is 3.82. The molecule has 0 amide bonds. The minimum Gasteiger partial charge on any atom is -0.412 e. The molecule has 1 aromatic rings. The van der Waals surface area contributed by atoms with E-state index in [4.69, 9.17) is 4.43 Å². The summed E-state index contributed by atoms with van der Waals surface area (Å²) in [6, 6.07) is 10.5. The molecule has 86 valence electrons. The van der Waals surface area contributed by atoms with Gasteiger partial charge in [0.25, 0.3) is 0 Å². The van der Waals surface area contributed by atoms with Crippen molar-refractivity contribution in [2.45, 2.75) is 20.0 Å². The molecule has 0 saturated carbocycles. The second-order valence-electron chi connectivity index (χ2n) is 4.54. The van der Waals surface area contributed by atoms with Crippen LogP contribution in [0, 0.1) is 5.92 Å². The predicted molar refractivity (Wildman–Crippen MR) is 72.4 cm³/mol. The normalized spacial score (nSPS) is 12.9. The number of hydrogen-bond acceptors (Lipinski definition) is 1. The van der Waals surface area contributed by atoms with Crippen molar-refractivity contribution in [2.75, 3.05) is 6.61 Å². The lowest BCUT2D eigenvalue weighted by Crippen LogP contribution is -2.45. The lowest BCUT2D eigenvalue weighted by molar-refractivity contribution is 0.282. The fourth-order valence-electron chi connectivity index (χ4n) is 1.51. The average molecular weight is 232 g/mol. The van der Waals surface area contributed by atoms with Gasteiger partial charge in [0.15, 0.2) is 0 Å². The topological polar surface area (TPSA) is 9.23 Å². The highest BCUT2D eigenvalue weighted by Gasteiger charge is 2.25. The fraction of sp³-hybridized carbons (Fsp3) is 0.357. The van der Waals surface area contributed by atoms with Gasteiger partial charge >= 0.3 is 0 Å². The van der Waals surface area contributed by atoms with Crippen molar-refractivity contribution in [1.82, 2.24) is 0 Å². The zero-order valence-corrected chi connectivity index (χ0v) is 11.4. The maximum absolute atomic E-state index is 6.07. The Bertz CT molecular complexity index is 364. The highest BCUT2D eigenvalue weighted by Crippen LogP contribution is 2.08. The quantitative estimate of drug-likeness (QED) is 0.560. The van der Waals surface area contributed by atoms with Gasteiger partial charge in [0.05, 0.1) is 0 Å². The molecule has 0 bridgehead atoms. The third-order valence-corrected chi connectivity index (χ3v) is 5.19. The Hall–Kier alpha value is -1.08. The largest absolute Gasteiger partial charge is 0.412 e. The lowest BCUT2D eigenvalue weighted by Gasteiger charge is -2.24. The molecule has 0 heterocycles. The SMILES string of the molecule is C=C=C[C@@H](C)CO[Si](C)(C)c1ccccc1. The second-order valence-corrected chi connectivity index (χ2v) is 8.42. The molecule has 0 fully saturated rings. The maximum atomic E-state index is 6.07. The maximum Gasteiger partial charge on any atom is 0.218 e. The summed E-state index contributed by atoms with van der Waals surface area (Å²) in [5, 5.41) is 1.34. The molecule has 1 nitrogen and oxygen atoms in total. The molecule has 0 aliphatic heterocycles. The van der Waals surface area contributed by atoms with Gasteiger partial charge in [-0.05, 0) is 24.4 Å². The first-order chi connectivity index (χ1) is 7.56. The molecule has 0 aliphatic carbocycles. The van der Waals surface area contributed by atoms with Gasteiger partial charge in [-0.2, -0.15) is 0 Å². The van der Waals surface area contributed by atoms with Gasteiger partial charge < -0.3 is 4.43 Å². The van der Waals surface area contributed by atoms with Crippen molar-refractivity contribution in [3.8, 4) is 0 Å². The van der Waals surface area contributed by atoms with Crippen LogP contribution >= 0.6 is 0 Å². The van der Waals surface area contributed by atoms with Crippen LogP contribution in [0.4, 0.5) is 0 Å². The van der Waals surface area contributed by atoms with E-state index < -0.39 is 8.32 Å². The number of hydrogen-bond donors (Lipinski definition) is 0. The summed E-state index contributed by atoms with van der Waals surface area (Å²) < 4.78 is 6.07. The second kappa shape index (κ2) is 5.85. The molecular weight excluding hydrogens is 212 g/mol. The number of rotatable bonds is 5. The van der Waals surface area contributed by atoms with Gasteiger partial charge in [0.2, 0.25) is 8.32 Å². The highest BCUT2D eigenvalue weighted by atomic mass is 28.4. The van der Waals surface area contributed by atoms with Crippen molar-refractivity contribution in [2.24, 2.45) is 5.92 Å². The fourth-order valence-corrected chi connectivity index (χ4v) is 3.35. The van der Waals surface area contributed by atoms with E-state index in [0.717, 1.165) is 6.61 Å². The van der Waals surface area contributed by atoms with E-state index in [1.807, 2.05) is 12.1 Å². The molecule has 1 rings (SSSR count). The Morgan fingerprint density at radius 3 is 2.56 bits per heavy atom. The van der Waals surface area contributed by atoms with Crippen LogP contribution in [0.3, 0.4) is 0 Å². The summed E-state index contributed by atoms with van der Waals surface area (Å²) >= 11 is 0. The summed E-state index contributed by atoms with van der Waals surface area (Å²) in [4.78, 5) is 0. The molecule has 2 heteroatoms. The molecule has 0 aliphatic rings. The molecule has 0 N–H and O–H groups in total. The van der Waals surface area contributed by atoms with E-state index in [0.29, 0.717) is 5.92 Å². The minimum atomic E-state index is -1.74. The van der Waals surface area contributed by atoms with Crippen LogP contribution in [0.15, 0.2) is 48.7 Å². The van der Waals surface area contributed by atoms with Gasteiger partial charge in [-0.25, -0.2) is 0 Å². The van der Waals surface area contributed by atoms with Crippen LogP contribution < -0.4 is 5.19 Å².